The third-order valence-corrected chi connectivity index (χ3v) is 5.80. The Bertz CT molecular complexity index is 1020. The molecular formula is C24H30N4O6. The summed E-state index contributed by atoms with van der Waals surface area (Å²) in [6.45, 7) is 1.87. The first-order valence-corrected chi connectivity index (χ1v) is 11.1. The Kier molecular flexibility index (Phi) is 8.80. The van der Waals surface area contributed by atoms with Crippen molar-refractivity contribution < 1.29 is 24.0 Å². The molecule has 3 rings (SSSR count). The third-order valence-electron chi connectivity index (χ3n) is 5.80. The van der Waals surface area contributed by atoms with E-state index in [0.717, 1.165) is 5.56 Å². The second-order valence-electron chi connectivity index (χ2n) is 8.03. The zero-order valence-corrected chi connectivity index (χ0v) is 19.4. The van der Waals surface area contributed by atoms with Crippen molar-refractivity contribution in [1.29, 1.82) is 0 Å². The number of nitro groups is 1. The highest BCUT2D eigenvalue weighted by atomic mass is 16.6. The van der Waals surface area contributed by atoms with Gasteiger partial charge in [0.1, 0.15) is 11.4 Å². The Morgan fingerprint density at radius 2 is 1.88 bits per heavy atom. The molecule has 0 bridgehead atoms. The summed E-state index contributed by atoms with van der Waals surface area (Å²) >= 11 is 0. The first-order chi connectivity index (χ1) is 16.4. The fourth-order valence-corrected chi connectivity index (χ4v) is 3.93. The van der Waals surface area contributed by atoms with Gasteiger partial charge in [-0.3, -0.25) is 19.7 Å². The maximum absolute atomic E-state index is 12.7. The van der Waals surface area contributed by atoms with Crippen molar-refractivity contribution in [2.45, 2.75) is 25.3 Å². The quantitative estimate of drug-likeness (QED) is 0.311. The van der Waals surface area contributed by atoms with Crippen LogP contribution in [0.3, 0.4) is 0 Å². The lowest BCUT2D eigenvalue weighted by atomic mass is 10.0. The molecule has 1 saturated heterocycles. The molecule has 0 aromatic heterocycles. The largest absolute Gasteiger partial charge is 0.496 e. The lowest BCUT2D eigenvalue weighted by molar-refractivity contribution is -0.384. The molecule has 2 amide bonds. The Labute approximate surface area is 198 Å². The van der Waals surface area contributed by atoms with Crippen LogP contribution in [0.2, 0.25) is 0 Å². The second-order valence-corrected chi connectivity index (χ2v) is 8.03. The van der Waals surface area contributed by atoms with Gasteiger partial charge in [0, 0.05) is 50.0 Å². The van der Waals surface area contributed by atoms with Crippen molar-refractivity contribution in [3.63, 3.8) is 0 Å². The van der Waals surface area contributed by atoms with Crippen LogP contribution in [-0.2, 0) is 16.0 Å². The van der Waals surface area contributed by atoms with E-state index >= 15 is 0 Å². The van der Waals surface area contributed by atoms with E-state index in [-0.39, 0.29) is 35.5 Å². The van der Waals surface area contributed by atoms with Crippen LogP contribution in [0.25, 0.3) is 0 Å². The minimum absolute atomic E-state index is 0.0152. The molecule has 34 heavy (non-hydrogen) atoms. The van der Waals surface area contributed by atoms with Crippen LogP contribution in [0.4, 0.5) is 11.4 Å². The maximum Gasteiger partial charge on any atom is 0.293 e. The van der Waals surface area contributed by atoms with E-state index in [1.807, 2.05) is 24.3 Å². The number of para-hydroxylation sites is 1. The SMILES string of the molecule is COCCNc1ccc(C(=O)NC2CCN(C(=O)Cc3ccccc3OC)CC2)cc1[N+](=O)[O-]. The van der Waals surface area contributed by atoms with Gasteiger partial charge in [-0.2, -0.15) is 0 Å². The number of hydrogen-bond donors (Lipinski definition) is 2. The number of hydrogen-bond acceptors (Lipinski definition) is 7. The Hall–Kier alpha value is -3.66. The van der Waals surface area contributed by atoms with Crippen LogP contribution >= 0.6 is 0 Å². The number of ether oxygens (including phenoxy) is 2. The van der Waals surface area contributed by atoms with Gasteiger partial charge in [0.25, 0.3) is 11.6 Å². The van der Waals surface area contributed by atoms with Gasteiger partial charge in [-0.15, -0.1) is 0 Å². The van der Waals surface area contributed by atoms with Crippen LogP contribution in [0, 0.1) is 10.1 Å². The van der Waals surface area contributed by atoms with E-state index < -0.39 is 4.92 Å². The van der Waals surface area contributed by atoms with Gasteiger partial charge in [-0.1, -0.05) is 18.2 Å². The fraction of sp³-hybridized carbons (Fsp3) is 0.417. The molecule has 0 aliphatic carbocycles. The van der Waals surface area contributed by atoms with Crippen LogP contribution in [0.15, 0.2) is 42.5 Å². The van der Waals surface area contributed by atoms with E-state index in [0.29, 0.717) is 50.5 Å². The van der Waals surface area contributed by atoms with Gasteiger partial charge >= 0.3 is 0 Å². The van der Waals surface area contributed by atoms with E-state index in [1.165, 1.54) is 12.1 Å². The molecule has 2 aromatic rings. The number of carbonyl (C=O) groups excluding carboxylic acids is 2. The number of rotatable bonds is 10. The van der Waals surface area contributed by atoms with Gasteiger partial charge in [0.2, 0.25) is 5.91 Å². The summed E-state index contributed by atoms with van der Waals surface area (Å²) in [4.78, 5) is 38.2. The number of nitrogens with one attached hydrogen (secondary N) is 2. The third kappa shape index (κ3) is 6.44. The minimum Gasteiger partial charge on any atom is -0.496 e. The van der Waals surface area contributed by atoms with Gasteiger partial charge in [0.15, 0.2) is 0 Å². The van der Waals surface area contributed by atoms with E-state index in [1.54, 1.807) is 25.2 Å². The summed E-state index contributed by atoms with van der Waals surface area (Å²) in [5.41, 5.74) is 1.23. The first-order valence-electron chi connectivity index (χ1n) is 11.1. The van der Waals surface area contributed by atoms with Crippen LogP contribution in [0.5, 0.6) is 5.75 Å². The van der Waals surface area contributed by atoms with Crippen molar-refractivity contribution in [2.75, 3.05) is 45.8 Å². The molecule has 1 aliphatic heterocycles. The Morgan fingerprint density at radius 1 is 1.15 bits per heavy atom. The molecule has 2 N–H and O–H groups in total. The molecule has 10 heteroatoms. The molecule has 0 spiro atoms. The fourth-order valence-electron chi connectivity index (χ4n) is 3.93. The summed E-state index contributed by atoms with van der Waals surface area (Å²) in [5, 5.41) is 17.3. The average Bonchev–Trinajstić information content (AvgIpc) is 2.85. The van der Waals surface area contributed by atoms with E-state index in [4.69, 9.17) is 9.47 Å². The number of nitrogens with zero attached hydrogens (tertiary/aromatic N) is 2. The topological polar surface area (TPSA) is 123 Å². The number of carbonyl (C=O) groups is 2. The summed E-state index contributed by atoms with van der Waals surface area (Å²) in [7, 11) is 3.13. The molecule has 182 valence electrons. The van der Waals surface area contributed by atoms with Crippen molar-refractivity contribution in [3.8, 4) is 5.75 Å². The number of benzene rings is 2. The van der Waals surface area contributed by atoms with Crippen molar-refractivity contribution in [3.05, 3.63) is 63.7 Å². The van der Waals surface area contributed by atoms with Gasteiger partial charge < -0.3 is 25.0 Å². The highest BCUT2D eigenvalue weighted by molar-refractivity contribution is 5.96. The highest BCUT2D eigenvalue weighted by Crippen LogP contribution is 2.26. The van der Waals surface area contributed by atoms with Gasteiger partial charge in [0.05, 0.1) is 25.1 Å². The molecule has 0 unspecified atom stereocenters. The van der Waals surface area contributed by atoms with Gasteiger partial charge in [-0.05, 0) is 31.0 Å². The molecule has 1 fully saturated rings. The predicted molar refractivity (Wildman–Crippen MR) is 127 cm³/mol. The minimum atomic E-state index is -0.516. The number of amides is 2. The standard InChI is InChI=1S/C24H30N4O6/c1-33-14-11-25-20-8-7-18(15-21(20)28(31)32)24(30)26-19-9-12-27(13-10-19)23(29)16-17-5-3-4-6-22(17)34-2/h3-8,15,19,25H,9-14,16H2,1-2H3,(H,26,30). The highest BCUT2D eigenvalue weighted by Gasteiger charge is 2.25. The van der Waals surface area contributed by atoms with Gasteiger partial charge in [-0.25, -0.2) is 0 Å². The average molecular weight is 471 g/mol. The monoisotopic (exact) mass is 470 g/mol. The first kappa shape index (κ1) is 25.0. The number of anilines is 1. The van der Waals surface area contributed by atoms with Crippen molar-refractivity contribution in [1.82, 2.24) is 10.2 Å². The van der Waals surface area contributed by atoms with Crippen LogP contribution < -0.4 is 15.4 Å². The molecule has 10 nitrogen and oxygen atoms in total. The number of methoxy groups -OCH3 is 2. The molecule has 1 heterocycles. The molecular weight excluding hydrogens is 440 g/mol. The Balaban J connectivity index is 1.54. The molecule has 0 saturated carbocycles. The number of piperidine rings is 1. The lowest BCUT2D eigenvalue weighted by Gasteiger charge is -2.32. The summed E-state index contributed by atoms with van der Waals surface area (Å²) in [6, 6.07) is 11.7. The maximum atomic E-state index is 12.7. The number of nitro benzene ring substituents is 1. The zero-order chi connectivity index (χ0) is 24.5. The lowest BCUT2D eigenvalue weighted by Crippen LogP contribution is -2.47. The molecule has 1 aliphatic rings. The van der Waals surface area contributed by atoms with Crippen molar-refractivity contribution in [2.24, 2.45) is 0 Å². The summed E-state index contributed by atoms with van der Waals surface area (Å²) < 4.78 is 10.3. The molecule has 0 atom stereocenters. The normalized spacial score (nSPS) is 13.9. The second kappa shape index (κ2) is 12.0. The summed E-state index contributed by atoms with van der Waals surface area (Å²) in [6.07, 6.45) is 1.49. The van der Waals surface area contributed by atoms with E-state index in [2.05, 4.69) is 10.6 Å². The smallest absolute Gasteiger partial charge is 0.293 e. The zero-order valence-electron chi connectivity index (χ0n) is 19.4. The summed E-state index contributed by atoms with van der Waals surface area (Å²) in [5.74, 6) is 0.332. The Morgan fingerprint density at radius 3 is 2.56 bits per heavy atom. The van der Waals surface area contributed by atoms with Crippen LogP contribution in [-0.4, -0.2) is 68.1 Å². The molecule has 0 radical (unpaired) electrons. The predicted octanol–water partition coefficient (Wildman–Crippen LogP) is 2.63. The molecule has 2 aromatic carbocycles. The van der Waals surface area contributed by atoms with Crippen LogP contribution in [0.1, 0.15) is 28.8 Å². The van der Waals surface area contributed by atoms with E-state index in [9.17, 15) is 19.7 Å². The van der Waals surface area contributed by atoms with Crippen molar-refractivity contribution >= 4 is 23.2 Å². The number of likely N-dealkylation sites (tertiary alicyclic amines) is 1.